The van der Waals surface area contributed by atoms with Gasteiger partial charge in [0.25, 0.3) is 0 Å². The molecule has 0 saturated heterocycles. The summed E-state index contributed by atoms with van der Waals surface area (Å²) in [7, 11) is 0. The number of fused-ring (bicyclic) bond motifs is 3. The molecule has 2 nitrogen and oxygen atoms in total. The summed E-state index contributed by atoms with van der Waals surface area (Å²) in [4.78, 5) is 11.7. The SMILES string of the molecule is O=c1cccc2occ3ccccc3c1-2. The first-order valence-electron chi connectivity index (χ1n) is 4.75. The van der Waals surface area contributed by atoms with Crippen molar-refractivity contribution >= 4 is 10.8 Å². The van der Waals surface area contributed by atoms with Gasteiger partial charge in [-0.05, 0) is 17.5 Å². The van der Waals surface area contributed by atoms with Crippen molar-refractivity contribution in [3.63, 3.8) is 0 Å². The largest absolute Gasteiger partial charge is 0.464 e. The Hall–Kier alpha value is -2.09. The molecule has 0 spiro atoms. The summed E-state index contributed by atoms with van der Waals surface area (Å²) in [6, 6.07) is 12.8. The van der Waals surface area contributed by atoms with Gasteiger partial charge in [-0.3, -0.25) is 4.79 Å². The van der Waals surface area contributed by atoms with Crippen LogP contribution in [0.1, 0.15) is 0 Å². The van der Waals surface area contributed by atoms with Crippen LogP contribution in [0.15, 0.2) is 57.9 Å². The Balaban J connectivity index is 2.63. The summed E-state index contributed by atoms with van der Waals surface area (Å²) >= 11 is 0. The lowest BCUT2D eigenvalue weighted by Gasteiger charge is -2.06. The average Bonchev–Trinajstić information content (AvgIpc) is 2.29. The molecule has 1 aliphatic carbocycles. The molecule has 0 radical (unpaired) electrons. The van der Waals surface area contributed by atoms with Crippen LogP contribution in [-0.4, -0.2) is 0 Å². The van der Waals surface area contributed by atoms with Crippen LogP contribution in [0.25, 0.3) is 22.1 Å². The molecule has 0 aromatic heterocycles. The predicted molar refractivity (Wildman–Crippen MR) is 59.1 cm³/mol. The Morgan fingerprint density at radius 2 is 1.80 bits per heavy atom. The maximum atomic E-state index is 11.7. The summed E-state index contributed by atoms with van der Waals surface area (Å²) in [5.41, 5.74) is 0.670. The molecule has 0 amide bonds. The molecule has 2 aliphatic rings. The molecule has 0 fully saturated rings. The minimum absolute atomic E-state index is 0.00745. The second-order valence-electron chi connectivity index (χ2n) is 3.45. The van der Waals surface area contributed by atoms with Gasteiger partial charge in [-0.2, -0.15) is 0 Å². The minimum atomic E-state index is 0.00745. The fourth-order valence-electron chi connectivity index (χ4n) is 1.83. The van der Waals surface area contributed by atoms with E-state index in [0.29, 0.717) is 11.3 Å². The zero-order valence-corrected chi connectivity index (χ0v) is 7.94. The van der Waals surface area contributed by atoms with Gasteiger partial charge in [-0.25, -0.2) is 0 Å². The monoisotopic (exact) mass is 196 g/mol. The lowest BCUT2D eigenvalue weighted by Crippen LogP contribution is -2.03. The molecule has 72 valence electrons. The summed E-state index contributed by atoms with van der Waals surface area (Å²) in [5.74, 6) is 0.640. The molecule has 0 bridgehead atoms. The molecule has 0 atom stereocenters. The van der Waals surface area contributed by atoms with Gasteiger partial charge in [-0.15, -0.1) is 0 Å². The molecule has 0 saturated carbocycles. The maximum Gasteiger partial charge on any atom is 0.190 e. The number of hydrogen-bond acceptors (Lipinski definition) is 2. The van der Waals surface area contributed by atoms with Gasteiger partial charge >= 0.3 is 0 Å². The first kappa shape index (κ1) is 8.24. The van der Waals surface area contributed by atoms with E-state index in [9.17, 15) is 4.79 Å². The standard InChI is InChI=1S/C13H8O2/c14-11-6-3-7-12-13(11)10-5-2-1-4-9(10)8-15-12/h1-8H. The van der Waals surface area contributed by atoms with Gasteiger partial charge in [0.2, 0.25) is 0 Å². The van der Waals surface area contributed by atoms with Gasteiger partial charge in [0.15, 0.2) is 5.43 Å². The van der Waals surface area contributed by atoms with Crippen LogP contribution in [0.2, 0.25) is 0 Å². The summed E-state index contributed by atoms with van der Waals surface area (Å²) in [6.45, 7) is 0. The molecule has 3 rings (SSSR count). The molecule has 1 heterocycles. The topological polar surface area (TPSA) is 30.2 Å². The molecule has 0 N–H and O–H groups in total. The second-order valence-corrected chi connectivity index (χ2v) is 3.45. The van der Waals surface area contributed by atoms with Crippen LogP contribution >= 0.6 is 0 Å². The summed E-state index contributed by atoms with van der Waals surface area (Å²) in [6.07, 6.45) is 1.68. The lowest BCUT2D eigenvalue weighted by atomic mass is 10.0. The second kappa shape index (κ2) is 2.95. The van der Waals surface area contributed by atoms with Crippen LogP contribution in [0, 0.1) is 0 Å². The molecular formula is C13H8O2. The number of hydrogen-bond donors (Lipinski definition) is 0. The van der Waals surface area contributed by atoms with Crippen LogP contribution < -0.4 is 5.43 Å². The Morgan fingerprint density at radius 1 is 0.933 bits per heavy atom. The van der Waals surface area contributed by atoms with Crippen molar-refractivity contribution in [2.75, 3.05) is 0 Å². The van der Waals surface area contributed by atoms with Crippen molar-refractivity contribution in [1.29, 1.82) is 0 Å². The first-order chi connectivity index (χ1) is 7.36. The van der Waals surface area contributed by atoms with Crippen LogP contribution in [0.5, 0.6) is 0 Å². The van der Waals surface area contributed by atoms with E-state index >= 15 is 0 Å². The van der Waals surface area contributed by atoms with Crippen LogP contribution in [-0.2, 0) is 0 Å². The molecular weight excluding hydrogens is 188 g/mol. The fourth-order valence-corrected chi connectivity index (χ4v) is 1.83. The van der Waals surface area contributed by atoms with E-state index < -0.39 is 0 Å². The minimum Gasteiger partial charge on any atom is -0.464 e. The smallest absolute Gasteiger partial charge is 0.190 e. The number of rotatable bonds is 0. The molecule has 2 heteroatoms. The van der Waals surface area contributed by atoms with Crippen molar-refractivity contribution in [3.05, 3.63) is 59.0 Å². The molecule has 1 aromatic carbocycles. The lowest BCUT2D eigenvalue weighted by molar-refractivity contribution is 0.572. The van der Waals surface area contributed by atoms with E-state index in [2.05, 4.69) is 0 Å². The Labute approximate surface area is 86.1 Å². The normalized spacial score (nSPS) is 10.9. The van der Waals surface area contributed by atoms with E-state index in [1.807, 2.05) is 30.3 Å². The third kappa shape index (κ3) is 1.15. The van der Waals surface area contributed by atoms with Crippen LogP contribution in [0.3, 0.4) is 0 Å². The van der Waals surface area contributed by atoms with E-state index in [1.54, 1.807) is 18.4 Å². The van der Waals surface area contributed by atoms with Crippen molar-refractivity contribution in [3.8, 4) is 11.3 Å². The molecule has 1 aliphatic heterocycles. The highest BCUT2D eigenvalue weighted by molar-refractivity contribution is 5.94. The van der Waals surface area contributed by atoms with E-state index in [1.165, 1.54) is 0 Å². The predicted octanol–water partition coefficient (Wildman–Crippen LogP) is 2.90. The van der Waals surface area contributed by atoms with Crippen molar-refractivity contribution < 1.29 is 4.42 Å². The Morgan fingerprint density at radius 3 is 2.73 bits per heavy atom. The van der Waals surface area contributed by atoms with Gasteiger partial charge in [0, 0.05) is 5.39 Å². The fraction of sp³-hybridized carbons (Fsp3) is 0. The summed E-state index contributed by atoms with van der Waals surface area (Å²) < 4.78 is 5.41. The zero-order valence-electron chi connectivity index (χ0n) is 7.94. The highest BCUT2D eigenvalue weighted by Crippen LogP contribution is 2.27. The highest BCUT2D eigenvalue weighted by atomic mass is 16.3. The summed E-state index contributed by atoms with van der Waals surface area (Å²) in [5, 5.41) is 1.90. The van der Waals surface area contributed by atoms with E-state index in [4.69, 9.17) is 4.42 Å². The van der Waals surface area contributed by atoms with Crippen molar-refractivity contribution in [2.45, 2.75) is 0 Å². The zero-order chi connectivity index (χ0) is 10.3. The van der Waals surface area contributed by atoms with E-state index in [0.717, 1.165) is 10.8 Å². The van der Waals surface area contributed by atoms with Gasteiger partial charge < -0.3 is 4.42 Å². The Kier molecular flexibility index (Phi) is 1.62. The van der Waals surface area contributed by atoms with E-state index in [-0.39, 0.29) is 5.43 Å². The molecule has 0 unspecified atom stereocenters. The molecule has 1 aromatic rings. The molecule has 15 heavy (non-hydrogen) atoms. The average molecular weight is 196 g/mol. The van der Waals surface area contributed by atoms with Crippen molar-refractivity contribution in [1.82, 2.24) is 0 Å². The van der Waals surface area contributed by atoms with Gasteiger partial charge in [-0.1, -0.05) is 30.3 Å². The highest BCUT2D eigenvalue weighted by Gasteiger charge is 2.10. The van der Waals surface area contributed by atoms with Gasteiger partial charge in [0.1, 0.15) is 5.76 Å². The van der Waals surface area contributed by atoms with Crippen LogP contribution in [0.4, 0.5) is 0 Å². The van der Waals surface area contributed by atoms with Gasteiger partial charge in [0.05, 0.1) is 11.8 Å². The van der Waals surface area contributed by atoms with Crippen molar-refractivity contribution in [2.24, 2.45) is 0 Å². The number of benzene rings is 2. The first-order valence-corrected chi connectivity index (χ1v) is 4.75. The third-order valence-electron chi connectivity index (χ3n) is 2.53. The quantitative estimate of drug-likeness (QED) is 0.517. The maximum absolute atomic E-state index is 11.7. The third-order valence-corrected chi connectivity index (χ3v) is 2.53. The Bertz CT molecular complexity index is 652.